The standard InChI is InChI=1S/C13H15FN2O4/c14-12-6-3-9(16(19)20)7-11(12)13(18)15-8-1-4-10(17)5-2-8/h3,6-8,10,17H,1-2,4-5H2,(H,15,18). The summed E-state index contributed by atoms with van der Waals surface area (Å²) in [6.45, 7) is 0. The number of carbonyl (C=O) groups is 1. The highest BCUT2D eigenvalue weighted by molar-refractivity contribution is 5.95. The number of hydrogen-bond donors (Lipinski definition) is 2. The number of nitro benzene ring substituents is 1. The van der Waals surface area contributed by atoms with Crippen molar-refractivity contribution in [1.29, 1.82) is 0 Å². The van der Waals surface area contributed by atoms with Crippen molar-refractivity contribution in [2.24, 2.45) is 0 Å². The molecule has 2 rings (SSSR count). The summed E-state index contributed by atoms with van der Waals surface area (Å²) >= 11 is 0. The molecule has 0 spiro atoms. The lowest BCUT2D eigenvalue weighted by molar-refractivity contribution is -0.384. The van der Waals surface area contributed by atoms with E-state index in [0.717, 1.165) is 18.2 Å². The Morgan fingerprint density at radius 2 is 2.00 bits per heavy atom. The van der Waals surface area contributed by atoms with Crippen LogP contribution in [0.4, 0.5) is 10.1 Å². The quantitative estimate of drug-likeness (QED) is 0.652. The second-order valence-corrected chi connectivity index (χ2v) is 4.90. The predicted octanol–water partition coefficient (Wildman–Crippen LogP) is 1.77. The van der Waals surface area contributed by atoms with E-state index in [-0.39, 0.29) is 23.4 Å². The highest BCUT2D eigenvalue weighted by Crippen LogP contribution is 2.20. The topological polar surface area (TPSA) is 92.5 Å². The third kappa shape index (κ3) is 3.30. The highest BCUT2D eigenvalue weighted by Gasteiger charge is 2.23. The number of nitro groups is 1. The first-order valence-corrected chi connectivity index (χ1v) is 6.40. The van der Waals surface area contributed by atoms with Crippen molar-refractivity contribution in [3.8, 4) is 0 Å². The van der Waals surface area contributed by atoms with Gasteiger partial charge < -0.3 is 10.4 Å². The number of halogens is 1. The largest absolute Gasteiger partial charge is 0.393 e. The highest BCUT2D eigenvalue weighted by atomic mass is 19.1. The van der Waals surface area contributed by atoms with Gasteiger partial charge in [0.05, 0.1) is 16.6 Å². The monoisotopic (exact) mass is 282 g/mol. The number of nitrogens with one attached hydrogen (secondary N) is 1. The van der Waals surface area contributed by atoms with Crippen LogP contribution in [-0.2, 0) is 0 Å². The van der Waals surface area contributed by atoms with E-state index in [9.17, 15) is 24.4 Å². The molecule has 0 aromatic heterocycles. The van der Waals surface area contributed by atoms with Crippen molar-refractivity contribution < 1.29 is 19.2 Å². The van der Waals surface area contributed by atoms with Gasteiger partial charge in [-0.15, -0.1) is 0 Å². The molecule has 0 radical (unpaired) electrons. The van der Waals surface area contributed by atoms with Gasteiger partial charge >= 0.3 is 0 Å². The first-order valence-electron chi connectivity index (χ1n) is 6.40. The van der Waals surface area contributed by atoms with Gasteiger partial charge in [-0.2, -0.15) is 0 Å². The number of aliphatic hydroxyl groups is 1. The minimum atomic E-state index is -0.788. The molecule has 0 saturated heterocycles. The first-order chi connectivity index (χ1) is 9.47. The SMILES string of the molecule is O=C(NC1CCC(O)CC1)c1cc([N+](=O)[O-])ccc1F. The molecule has 0 heterocycles. The van der Waals surface area contributed by atoms with Crippen LogP contribution in [0.1, 0.15) is 36.0 Å². The van der Waals surface area contributed by atoms with Crippen molar-refractivity contribution in [3.05, 3.63) is 39.7 Å². The van der Waals surface area contributed by atoms with E-state index in [1.807, 2.05) is 0 Å². The van der Waals surface area contributed by atoms with Gasteiger partial charge in [-0.25, -0.2) is 4.39 Å². The number of aliphatic hydroxyl groups excluding tert-OH is 1. The van der Waals surface area contributed by atoms with Crippen LogP contribution in [0, 0.1) is 15.9 Å². The Bertz CT molecular complexity index is 527. The Hall–Kier alpha value is -2.02. The van der Waals surface area contributed by atoms with Gasteiger partial charge in [0.2, 0.25) is 0 Å². The molecular formula is C13H15FN2O4. The van der Waals surface area contributed by atoms with Gasteiger partial charge in [-0.1, -0.05) is 0 Å². The second kappa shape index (κ2) is 5.96. The maximum absolute atomic E-state index is 13.6. The summed E-state index contributed by atoms with van der Waals surface area (Å²) in [5.74, 6) is -1.45. The van der Waals surface area contributed by atoms with Crippen LogP contribution in [0.3, 0.4) is 0 Å². The molecule has 1 aromatic rings. The summed E-state index contributed by atoms with van der Waals surface area (Å²) < 4.78 is 13.6. The van der Waals surface area contributed by atoms with Gasteiger partial charge in [-0.05, 0) is 31.7 Å². The lowest BCUT2D eigenvalue weighted by Crippen LogP contribution is -2.38. The van der Waals surface area contributed by atoms with Crippen molar-refractivity contribution in [1.82, 2.24) is 5.32 Å². The summed E-state index contributed by atoms with van der Waals surface area (Å²) in [4.78, 5) is 21.9. The van der Waals surface area contributed by atoms with Crippen LogP contribution < -0.4 is 5.32 Å². The number of non-ortho nitro benzene ring substituents is 1. The minimum Gasteiger partial charge on any atom is -0.393 e. The van der Waals surface area contributed by atoms with Crippen LogP contribution in [-0.4, -0.2) is 28.1 Å². The smallest absolute Gasteiger partial charge is 0.270 e. The molecule has 0 unspecified atom stereocenters. The molecule has 7 heteroatoms. The number of carbonyl (C=O) groups excluding carboxylic acids is 1. The number of benzene rings is 1. The number of amides is 1. The lowest BCUT2D eigenvalue weighted by atomic mass is 9.93. The lowest BCUT2D eigenvalue weighted by Gasteiger charge is -2.26. The zero-order chi connectivity index (χ0) is 14.7. The summed E-state index contributed by atoms with van der Waals surface area (Å²) in [5, 5.41) is 22.7. The Morgan fingerprint density at radius 3 is 2.60 bits per heavy atom. The maximum atomic E-state index is 13.6. The second-order valence-electron chi connectivity index (χ2n) is 4.90. The summed E-state index contributed by atoms with van der Waals surface area (Å²) in [5.41, 5.74) is -0.652. The molecule has 6 nitrogen and oxygen atoms in total. The Balaban J connectivity index is 2.08. The fraction of sp³-hybridized carbons (Fsp3) is 0.462. The molecule has 0 atom stereocenters. The molecule has 2 N–H and O–H groups in total. The van der Waals surface area contributed by atoms with Gasteiger partial charge in [0.25, 0.3) is 11.6 Å². The van der Waals surface area contributed by atoms with Crippen LogP contribution in [0.15, 0.2) is 18.2 Å². The molecule has 0 bridgehead atoms. The van der Waals surface area contributed by atoms with Gasteiger partial charge in [0, 0.05) is 18.2 Å². The molecule has 108 valence electrons. The predicted molar refractivity (Wildman–Crippen MR) is 68.8 cm³/mol. The average Bonchev–Trinajstić information content (AvgIpc) is 2.41. The van der Waals surface area contributed by atoms with Gasteiger partial charge in [0.1, 0.15) is 5.82 Å². The van der Waals surface area contributed by atoms with Gasteiger partial charge in [0.15, 0.2) is 0 Å². The normalized spacial score (nSPS) is 22.3. The van der Waals surface area contributed by atoms with E-state index in [1.165, 1.54) is 0 Å². The Morgan fingerprint density at radius 1 is 1.35 bits per heavy atom. The molecule has 1 fully saturated rings. The average molecular weight is 282 g/mol. The van der Waals surface area contributed by atoms with E-state index in [4.69, 9.17) is 0 Å². The van der Waals surface area contributed by atoms with Crippen molar-refractivity contribution in [2.45, 2.75) is 37.8 Å². The molecule has 1 aliphatic carbocycles. The first kappa shape index (κ1) is 14.4. The summed E-state index contributed by atoms with van der Waals surface area (Å²) in [6, 6.07) is 2.73. The molecule has 20 heavy (non-hydrogen) atoms. The molecule has 1 aliphatic rings. The van der Waals surface area contributed by atoms with Crippen LogP contribution >= 0.6 is 0 Å². The fourth-order valence-electron chi connectivity index (χ4n) is 2.28. The number of rotatable bonds is 3. The fourth-order valence-corrected chi connectivity index (χ4v) is 2.28. The van der Waals surface area contributed by atoms with Crippen LogP contribution in [0.2, 0.25) is 0 Å². The van der Waals surface area contributed by atoms with E-state index < -0.39 is 16.6 Å². The minimum absolute atomic E-state index is 0.135. The summed E-state index contributed by atoms with van der Waals surface area (Å²) in [7, 11) is 0. The van der Waals surface area contributed by atoms with Gasteiger partial charge in [-0.3, -0.25) is 14.9 Å². The van der Waals surface area contributed by atoms with E-state index >= 15 is 0 Å². The Labute approximate surface area is 114 Å². The third-order valence-electron chi connectivity index (χ3n) is 3.44. The van der Waals surface area contributed by atoms with E-state index in [2.05, 4.69) is 5.32 Å². The van der Waals surface area contributed by atoms with Crippen molar-refractivity contribution in [2.75, 3.05) is 0 Å². The van der Waals surface area contributed by atoms with Crippen LogP contribution in [0.5, 0.6) is 0 Å². The van der Waals surface area contributed by atoms with Crippen LogP contribution in [0.25, 0.3) is 0 Å². The number of nitrogens with zero attached hydrogens (tertiary/aromatic N) is 1. The van der Waals surface area contributed by atoms with E-state index in [0.29, 0.717) is 25.7 Å². The molecule has 1 saturated carbocycles. The Kier molecular flexibility index (Phi) is 4.29. The molecule has 1 amide bonds. The maximum Gasteiger partial charge on any atom is 0.270 e. The number of hydrogen-bond acceptors (Lipinski definition) is 4. The molecule has 0 aliphatic heterocycles. The molecule has 1 aromatic carbocycles. The zero-order valence-electron chi connectivity index (χ0n) is 10.7. The van der Waals surface area contributed by atoms with E-state index in [1.54, 1.807) is 0 Å². The zero-order valence-corrected chi connectivity index (χ0v) is 10.7. The van der Waals surface area contributed by atoms with Crippen molar-refractivity contribution in [3.63, 3.8) is 0 Å². The van der Waals surface area contributed by atoms with Crippen molar-refractivity contribution >= 4 is 11.6 Å². The molecular weight excluding hydrogens is 267 g/mol. The summed E-state index contributed by atoms with van der Waals surface area (Å²) in [6.07, 6.45) is 2.05. The third-order valence-corrected chi connectivity index (χ3v) is 3.44.